The number of nitrogens with one attached hydrogen (secondary N) is 1. The van der Waals surface area contributed by atoms with Crippen LogP contribution in [0.15, 0.2) is 0 Å². The molecule has 0 spiro atoms. The SMILES string of the molecule is CC1NC(C)(C)CC(O)C1C. The van der Waals surface area contributed by atoms with E-state index in [0.29, 0.717) is 12.0 Å². The van der Waals surface area contributed by atoms with Gasteiger partial charge in [-0.15, -0.1) is 0 Å². The zero-order valence-corrected chi connectivity index (χ0v) is 7.89. The minimum atomic E-state index is -0.138. The molecule has 2 nitrogen and oxygen atoms in total. The van der Waals surface area contributed by atoms with Crippen LogP contribution in [-0.4, -0.2) is 22.8 Å². The van der Waals surface area contributed by atoms with E-state index < -0.39 is 0 Å². The lowest BCUT2D eigenvalue weighted by molar-refractivity contribution is 0.0229. The van der Waals surface area contributed by atoms with Crippen molar-refractivity contribution < 1.29 is 5.11 Å². The van der Waals surface area contributed by atoms with Gasteiger partial charge in [0.2, 0.25) is 0 Å². The first-order valence-corrected chi connectivity index (χ1v) is 4.38. The van der Waals surface area contributed by atoms with Gasteiger partial charge in [0.1, 0.15) is 0 Å². The molecule has 0 radical (unpaired) electrons. The van der Waals surface area contributed by atoms with Crippen molar-refractivity contribution in [2.24, 2.45) is 5.92 Å². The van der Waals surface area contributed by atoms with Crippen LogP contribution in [0.3, 0.4) is 0 Å². The van der Waals surface area contributed by atoms with E-state index in [9.17, 15) is 5.11 Å². The zero-order valence-electron chi connectivity index (χ0n) is 7.89. The second-order valence-corrected chi connectivity index (χ2v) is 4.45. The molecule has 1 heterocycles. The molecule has 0 aromatic heterocycles. The van der Waals surface area contributed by atoms with Crippen LogP contribution in [0.25, 0.3) is 0 Å². The first-order valence-electron chi connectivity index (χ1n) is 4.38. The minimum absolute atomic E-state index is 0.103. The zero-order chi connectivity index (χ0) is 8.65. The van der Waals surface area contributed by atoms with Crippen LogP contribution in [0.4, 0.5) is 0 Å². The lowest BCUT2D eigenvalue weighted by Crippen LogP contribution is -2.56. The summed E-state index contributed by atoms with van der Waals surface area (Å²) in [5.41, 5.74) is 0.103. The molecule has 0 aromatic rings. The maximum atomic E-state index is 9.64. The topological polar surface area (TPSA) is 32.3 Å². The van der Waals surface area contributed by atoms with Crippen molar-refractivity contribution in [1.29, 1.82) is 0 Å². The molecule has 1 fully saturated rings. The molecule has 2 heteroatoms. The van der Waals surface area contributed by atoms with Crippen molar-refractivity contribution >= 4 is 0 Å². The molecule has 0 amide bonds. The number of aliphatic hydroxyl groups excluding tert-OH is 1. The third-order valence-corrected chi connectivity index (χ3v) is 2.73. The van der Waals surface area contributed by atoms with Gasteiger partial charge < -0.3 is 10.4 Å². The highest BCUT2D eigenvalue weighted by Crippen LogP contribution is 2.26. The van der Waals surface area contributed by atoms with E-state index in [0.717, 1.165) is 6.42 Å². The van der Waals surface area contributed by atoms with Crippen LogP contribution in [-0.2, 0) is 0 Å². The predicted molar refractivity (Wildman–Crippen MR) is 46.5 cm³/mol. The van der Waals surface area contributed by atoms with Crippen molar-refractivity contribution in [1.82, 2.24) is 5.32 Å². The molecule has 2 N–H and O–H groups in total. The van der Waals surface area contributed by atoms with Crippen molar-refractivity contribution in [2.45, 2.75) is 51.8 Å². The van der Waals surface area contributed by atoms with Crippen LogP contribution in [0.1, 0.15) is 34.1 Å². The summed E-state index contributed by atoms with van der Waals surface area (Å²) in [5, 5.41) is 13.1. The second-order valence-electron chi connectivity index (χ2n) is 4.45. The molecule has 1 rings (SSSR count). The smallest absolute Gasteiger partial charge is 0.0597 e. The maximum Gasteiger partial charge on any atom is 0.0597 e. The minimum Gasteiger partial charge on any atom is -0.393 e. The first kappa shape index (κ1) is 9.01. The van der Waals surface area contributed by atoms with Gasteiger partial charge in [0, 0.05) is 11.6 Å². The summed E-state index contributed by atoms with van der Waals surface area (Å²) >= 11 is 0. The Morgan fingerprint density at radius 2 is 1.91 bits per heavy atom. The van der Waals surface area contributed by atoms with E-state index in [-0.39, 0.29) is 11.6 Å². The highest BCUT2D eigenvalue weighted by molar-refractivity contribution is 4.93. The summed E-state index contributed by atoms with van der Waals surface area (Å²) in [6, 6.07) is 0.425. The van der Waals surface area contributed by atoms with E-state index in [1.165, 1.54) is 0 Å². The second kappa shape index (κ2) is 2.76. The summed E-state index contributed by atoms with van der Waals surface area (Å²) in [6.07, 6.45) is 0.722. The van der Waals surface area contributed by atoms with E-state index in [1.54, 1.807) is 0 Å². The number of aliphatic hydroxyl groups is 1. The standard InChI is InChI=1S/C9H19NO/c1-6-7(2)10-9(3,4)5-8(6)11/h6-8,10-11H,5H2,1-4H3. The molecule has 3 atom stereocenters. The Kier molecular flexibility index (Phi) is 2.26. The highest BCUT2D eigenvalue weighted by Gasteiger charge is 2.35. The quantitative estimate of drug-likeness (QED) is 0.553. The van der Waals surface area contributed by atoms with Gasteiger partial charge in [0.15, 0.2) is 0 Å². The number of piperidine rings is 1. The van der Waals surface area contributed by atoms with Gasteiger partial charge in [-0.1, -0.05) is 6.92 Å². The molecular formula is C9H19NO. The Morgan fingerprint density at radius 1 is 1.36 bits per heavy atom. The first-order chi connectivity index (χ1) is 4.92. The Morgan fingerprint density at radius 3 is 2.36 bits per heavy atom. The molecule has 3 unspecified atom stereocenters. The van der Waals surface area contributed by atoms with Gasteiger partial charge in [0.25, 0.3) is 0 Å². The molecule has 66 valence electrons. The summed E-state index contributed by atoms with van der Waals surface area (Å²) in [5.74, 6) is 0.378. The van der Waals surface area contributed by atoms with Gasteiger partial charge in [-0.05, 0) is 33.1 Å². The molecule has 0 aliphatic carbocycles. The van der Waals surface area contributed by atoms with Crippen molar-refractivity contribution in [3.8, 4) is 0 Å². The normalized spacial score (nSPS) is 43.9. The van der Waals surface area contributed by atoms with Gasteiger partial charge in [-0.25, -0.2) is 0 Å². The Hall–Kier alpha value is -0.0800. The van der Waals surface area contributed by atoms with Gasteiger partial charge in [0.05, 0.1) is 6.10 Å². The third kappa shape index (κ3) is 1.94. The van der Waals surface area contributed by atoms with Crippen LogP contribution in [0.2, 0.25) is 0 Å². The maximum absolute atomic E-state index is 9.64. The molecular weight excluding hydrogens is 138 g/mol. The lowest BCUT2D eigenvalue weighted by Gasteiger charge is -2.42. The summed E-state index contributed by atoms with van der Waals surface area (Å²) in [4.78, 5) is 0. The van der Waals surface area contributed by atoms with Crippen LogP contribution >= 0.6 is 0 Å². The predicted octanol–water partition coefficient (Wildman–Crippen LogP) is 1.14. The molecule has 1 aliphatic heterocycles. The molecule has 0 bridgehead atoms. The van der Waals surface area contributed by atoms with E-state index in [4.69, 9.17) is 0 Å². The molecule has 11 heavy (non-hydrogen) atoms. The Bertz CT molecular complexity index is 130. The largest absolute Gasteiger partial charge is 0.393 e. The average Bonchev–Trinajstić information content (AvgIpc) is 1.81. The third-order valence-electron chi connectivity index (χ3n) is 2.73. The van der Waals surface area contributed by atoms with Crippen molar-refractivity contribution in [3.05, 3.63) is 0 Å². The fourth-order valence-electron chi connectivity index (χ4n) is 1.85. The van der Waals surface area contributed by atoms with Gasteiger partial charge in [-0.3, -0.25) is 0 Å². The lowest BCUT2D eigenvalue weighted by atomic mass is 9.81. The van der Waals surface area contributed by atoms with Crippen LogP contribution in [0.5, 0.6) is 0 Å². The fourth-order valence-corrected chi connectivity index (χ4v) is 1.85. The summed E-state index contributed by atoms with van der Waals surface area (Å²) in [7, 11) is 0. The van der Waals surface area contributed by atoms with Gasteiger partial charge in [-0.2, -0.15) is 0 Å². The van der Waals surface area contributed by atoms with Crippen LogP contribution in [0, 0.1) is 5.92 Å². The van der Waals surface area contributed by atoms with Crippen molar-refractivity contribution in [2.75, 3.05) is 0 Å². The van der Waals surface area contributed by atoms with Crippen molar-refractivity contribution in [3.63, 3.8) is 0 Å². The summed E-state index contributed by atoms with van der Waals surface area (Å²) < 4.78 is 0. The van der Waals surface area contributed by atoms with Gasteiger partial charge >= 0.3 is 0 Å². The Labute approximate surface area is 69.0 Å². The number of rotatable bonds is 0. The van der Waals surface area contributed by atoms with E-state index in [2.05, 4.69) is 33.0 Å². The number of hydrogen-bond donors (Lipinski definition) is 2. The average molecular weight is 157 g/mol. The van der Waals surface area contributed by atoms with E-state index in [1.807, 2.05) is 0 Å². The highest BCUT2D eigenvalue weighted by atomic mass is 16.3. The molecule has 1 saturated heterocycles. The van der Waals surface area contributed by atoms with Crippen LogP contribution < -0.4 is 5.32 Å². The molecule has 0 saturated carbocycles. The summed E-state index contributed by atoms with van der Waals surface area (Å²) in [6.45, 7) is 8.50. The molecule has 1 aliphatic rings. The van der Waals surface area contributed by atoms with E-state index >= 15 is 0 Å². The monoisotopic (exact) mass is 157 g/mol. The number of hydrogen-bond acceptors (Lipinski definition) is 2. The Balaban J connectivity index is 2.62. The molecule has 0 aromatic carbocycles. The fraction of sp³-hybridized carbons (Fsp3) is 1.00.